The zero-order valence-electron chi connectivity index (χ0n) is 15.0. The molecule has 27 heavy (non-hydrogen) atoms. The van der Waals surface area contributed by atoms with Crippen molar-refractivity contribution in [2.75, 3.05) is 5.32 Å². The van der Waals surface area contributed by atoms with E-state index in [1.165, 1.54) is 32.0 Å². The number of ether oxygens (including phenoxy) is 1. The van der Waals surface area contributed by atoms with Crippen molar-refractivity contribution in [3.63, 3.8) is 0 Å². The number of nitro groups is 1. The molecule has 8 heteroatoms. The first-order valence-corrected chi connectivity index (χ1v) is 8.07. The van der Waals surface area contributed by atoms with Crippen LogP contribution in [0.5, 0.6) is 0 Å². The van der Waals surface area contributed by atoms with Gasteiger partial charge in [-0.05, 0) is 39.0 Å². The third-order valence-corrected chi connectivity index (χ3v) is 3.83. The SMILES string of the molecule is CC(=O)c1cccc(NC(=O)C(C)OC(=O)c2ccc(C)c([N+](=O)[O-])c2)c1. The number of nitrogens with zero attached hydrogens (tertiary/aromatic N) is 1. The summed E-state index contributed by atoms with van der Waals surface area (Å²) in [5.74, 6) is -1.59. The van der Waals surface area contributed by atoms with Crippen LogP contribution >= 0.6 is 0 Å². The summed E-state index contributed by atoms with van der Waals surface area (Å²) < 4.78 is 5.08. The fourth-order valence-electron chi connectivity index (χ4n) is 2.28. The number of anilines is 1. The summed E-state index contributed by atoms with van der Waals surface area (Å²) in [6.45, 7) is 4.34. The number of carbonyl (C=O) groups excluding carboxylic acids is 3. The Hall–Kier alpha value is -3.55. The Bertz CT molecular complexity index is 922. The van der Waals surface area contributed by atoms with Crippen molar-refractivity contribution in [2.24, 2.45) is 0 Å². The summed E-state index contributed by atoms with van der Waals surface area (Å²) >= 11 is 0. The molecule has 0 radical (unpaired) electrons. The molecule has 1 amide bonds. The average Bonchev–Trinajstić information content (AvgIpc) is 2.61. The van der Waals surface area contributed by atoms with Gasteiger partial charge in [0.1, 0.15) is 0 Å². The Balaban J connectivity index is 2.07. The second-order valence-electron chi connectivity index (χ2n) is 5.93. The fourth-order valence-corrected chi connectivity index (χ4v) is 2.28. The first kappa shape index (κ1) is 19.8. The second kappa shape index (κ2) is 8.22. The van der Waals surface area contributed by atoms with E-state index < -0.39 is 22.9 Å². The average molecular weight is 370 g/mol. The van der Waals surface area contributed by atoms with Gasteiger partial charge in [0.05, 0.1) is 10.5 Å². The molecule has 1 unspecified atom stereocenters. The molecule has 140 valence electrons. The van der Waals surface area contributed by atoms with Crippen LogP contribution in [0.1, 0.15) is 40.1 Å². The zero-order valence-corrected chi connectivity index (χ0v) is 15.0. The number of esters is 1. The van der Waals surface area contributed by atoms with Gasteiger partial charge in [0.2, 0.25) is 0 Å². The van der Waals surface area contributed by atoms with Gasteiger partial charge in [0.15, 0.2) is 11.9 Å². The molecule has 0 fully saturated rings. The zero-order chi connectivity index (χ0) is 20.1. The Morgan fingerprint density at radius 1 is 1.11 bits per heavy atom. The summed E-state index contributed by atoms with van der Waals surface area (Å²) in [6, 6.07) is 10.3. The number of nitrogens with one attached hydrogen (secondary N) is 1. The van der Waals surface area contributed by atoms with Crippen LogP contribution in [0.15, 0.2) is 42.5 Å². The number of ketones is 1. The van der Waals surface area contributed by atoms with Crippen molar-refractivity contribution >= 4 is 29.0 Å². The first-order chi connectivity index (χ1) is 12.7. The van der Waals surface area contributed by atoms with E-state index in [4.69, 9.17) is 4.74 Å². The van der Waals surface area contributed by atoms with E-state index in [2.05, 4.69) is 5.32 Å². The summed E-state index contributed by atoms with van der Waals surface area (Å²) in [7, 11) is 0. The molecule has 0 aromatic heterocycles. The lowest BCUT2D eigenvalue weighted by Gasteiger charge is -2.14. The number of hydrogen-bond donors (Lipinski definition) is 1. The smallest absolute Gasteiger partial charge is 0.339 e. The van der Waals surface area contributed by atoms with Crippen molar-refractivity contribution < 1.29 is 24.0 Å². The van der Waals surface area contributed by atoms with Crippen molar-refractivity contribution in [3.8, 4) is 0 Å². The van der Waals surface area contributed by atoms with Gasteiger partial charge in [0.25, 0.3) is 11.6 Å². The lowest BCUT2D eigenvalue weighted by molar-refractivity contribution is -0.385. The maximum absolute atomic E-state index is 12.2. The third-order valence-electron chi connectivity index (χ3n) is 3.83. The molecule has 2 rings (SSSR count). The van der Waals surface area contributed by atoms with Crippen molar-refractivity contribution in [2.45, 2.75) is 26.9 Å². The van der Waals surface area contributed by atoms with Crippen LogP contribution in [0.2, 0.25) is 0 Å². The molecule has 0 aliphatic heterocycles. The summed E-state index contributed by atoms with van der Waals surface area (Å²) in [4.78, 5) is 46.1. The minimum atomic E-state index is -1.14. The number of nitro benzene ring substituents is 1. The van der Waals surface area contributed by atoms with Crippen LogP contribution in [-0.4, -0.2) is 28.7 Å². The normalized spacial score (nSPS) is 11.4. The van der Waals surface area contributed by atoms with Crippen LogP contribution < -0.4 is 5.32 Å². The van der Waals surface area contributed by atoms with Crippen LogP contribution in [-0.2, 0) is 9.53 Å². The van der Waals surface area contributed by atoms with Gasteiger partial charge < -0.3 is 10.1 Å². The number of hydrogen-bond acceptors (Lipinski definition) is 6. The molecule has 0 saturated carbocycles. The maximum Gasteiger partial charge on any atom is 0.339 e. The molecule has 2 aromatic carbocycles. The molecule has 0 bridgehead atoms. The monoisotopic (exact) mass is 370 g/mol. The van der Waals surface area contributed by atoms with Gasteiger partial charge in [-0.2, -0.15) is 0 Å². The van der Waals surface area contributed by atoms with Crippen LogP contribution in [0.25, 0.3) is 0 Å². The standard InChI is InChI=1S/C19H18N2O6/c1-11-7-8-15(10-17(11)21(25)26)19(24)27-13(3)18(23)20-16-6-4-5-14(9-16)12(2)22/h4-10,13H,1-3H3,(H,20,23). The minimum Gasteiger partial charge on any atom is -0.449 e. The van der Waals surface area contributed by atoms with Gasteiger partial charge >= 0.3 is 5.97 Å². The van der Waals surface area contributed by atoms with E-state index in [-0.39, 0.29) is 17.0 Å². The van der Waals surface area contributed by atoms with Crippen LogP contribution in [0, 0.1) is 17.0 Å². The molecule has 0 saturated heterocycles. The highest BCUT2D eigenvalue weighted by atomic mass is 16.6. The number of rotatable bonds is 6. The predicted octanol–water partition coefficient (Wildman–Crippen LogP) is 3.29. The number of carbonyl (C=O) groups is 3. The van der Waals surface area contributed by atoms with Gasteiger partial charge in [0, 0.05) is 22.9 Å². The van der Waals surface area contributed by atoms with Gasteiger partial charge in [-0.25, -0.2) is 4.79 Å². The van der Waals surface area contributed by atoms with Crippen molar-refractivity contribution in [1.29, 1.82) is 0 Å². The molecule has 0 aliphatic carbocycles. The highest BCUT2D eigenvalue weighted by Crippen LogP contribution is 2.20. The molecule has 8 nitrogen and oxygen atoms in total. The van der Waals surface area contributed by atoms with E-state index in [1.807, 2.05) is 0 Å². The lowest BCUT2D eigenvalue weighted by atomic mass is 10.1. The van der Waals surface area contributed by atoms with Gasteiger partial charge in [-0.15, -0.1) is 0 Å². The predicted molar refractivity (Wildman–Crippen MR) is 97.8 cm³/mol. The van der Waals surface area contributed by atoms with E-state index in [0.717, 1.165) is 6.07 Å². The van der Waals surface area contributed by atoms with Crippen molar-refractivity contribution in [1.82, 2.24) is 0 Å². The molecule has 1 N–H and O–H groups in total. The Morgan fingerprint density at radius 3 is 2.44 bits per heavy atom. The summed E-state index contributed by atoms with van der Waals surface area (Å²) in [5, 5.41) is 13.5. The summed E-state index contributed by atoms with van der Waals surface area (Å²) in [6.07, 6.45) is -1.14. The van der Waals surface area contributed by atoms with E-state index in [9.17, 15) is 24.5 Å². The third kappa shape index (κ3) is 4.97. The Morgan fingerprint density at radius 2 is 1.81 bits per heavy atom. The molecular weight excluding hydrogens is 352 g/mol. The van der Waals surface area contributed by atoms with Crippen molar-refractivity contribution in [3.05, 3.63) is 69.3 Å². The lowest BCUT2D eigenvalue weighted by Crippen LogP contribution is -2.30. The number of aryl methyl sites for hydroxylation is 1. The molecule has 2 aromatic rings. The van der Waals surface area contributed by atoms with E-state index >= 15 is 0 Å². The minimum absolute atomic E-state index is 0.0227. The topological polar surface area (TPSA) is 116 Å². The van der Waals surface area contributed by atoms with E-state index in [0.29, 0.717) is 16.8 Å². The van der Waals surface area contributed by atoms with Gasteiger partial charge in [-0.1, -0.05) is 18.2 Å². The molecule has 0 aliphatic rings. The van der Waals surface area contributed by atoms with E-state index in [1.54, 1.807) is 25.1 Å². The fraction of sp³-hybridized carbons (Fsp3) is 0.211. The number of amides is 1. The largest absolute Gasteiger partial charge is 0.449 e. The molecule has 0 heterocycles. The summed E-state index contributed by atoms with van der Waals surface area (Å²) in [5.41, 5.74) is 1.01. The Kier molecular flexibility index (Phi) is 6.02. The van der Waals surface area contributed by atoms with Crippen LogP contribution in [0.3, 0.4) is 0 Å². The van der Waals surface area contributed by atoms with Gasteiger partial charge in [-0.3, -0.25) is 19.7 Å². The number of benzene rings is 2. The highest BCUT2D eigenvalue weighted by Gasteiger charge is 2.21. The van der Waals surface area contributed by atoms with Crippen LogP contribution in [0.4, 0.5) is 11.4 Å². The quantitative estimate of drug-likeness (QED) is 0.361. The Labute approximate surface area is 155 Å². The molecular formula is C19H18N2O6. The first-order valence-electron chi connectivity index (χ1n) is 8.07. The highest BCUT2D eigenvalue weighted by molar-refractivity contribution is 5.99. The number of Topliss-reactive ketones (excluding diaryl/α,β-unsaturated/α-hetero) is 1. The molecule has 0 spiro atoms. The molecule has 1 atom stereocenters. The maximum atomic E-state index is 12.2. The second-order valence-corrected chi connectivity index (χ2v) is 5.93.